The van der Waals surface area contributed by atoms with Crippen LogP contribution in [0.3, 0.4) is 0 Å². The molecular weight excluding hydrogens is 404 g/mol. The molecule has 1 aliphatic rings. The molecule has 1 aliphatic heterocycles. The third kappa shape index (κ3) is 5.68. The summed E-state index contributed by atoms with van der Waals surface area (Å²) in [6, 6.07) is 17.0. The van der Waals surface area contributed by atoms with Gasteiger partial charge in [-0.2, -0.15) is 0 Å². The molecular formula is C22H22N2O3S2. The van der Waals surface area contributed by atoms with E-state index in [1.807, 2.05) is 62.4 Å². The summed E-state index contributed by atoms with van der Waals surface area (Å²) >= 11 is 6.60. The standard InChI is InChI=1S/C22H22N2O3S2/c1-15(2)24-21(26)19(29-22(24)28)12-16-8-10-18(11-9-16)27-14-20(25)23-13-17-6-4-3-5-7-17/h3-12,15H,13-14H2,1-2H3,(H,23,25)/b19-12-. The number of carbonyl (C=O) groups excluding carboxylic acids is 2. The van der Waals surface area contributed by atoms with Crippen molar-refractivity contribution in [1.29, 1.82) is 0 Å². The summed E-state index contributed by atoms with van der Waals surface area (Å²) in [5.74, 6) is 0.340. The van der Waals surface area contributed by atoms with Crippen LogP contribution in [0.25, 0.3) is 6.08 Å². The summed E-state index contributed by atoms with van der Waals surface area (Å²) in [6.45, 7) is 4.29. The zero-order valence-electron chi connectivity index (χ0n) is 16.3. The molecule has 0 saturated carbocycles. The number of nitrogens with one attached hydrogen (secondary N) is 1. The van der Waals surface area contributed by atoms with Gasteiger partial charge in [0.1, 0.15) is 10.1 Å². The molecule has 1 N–H and O–H groups in total. The molecule has 1 fully saturated rings. The highest BCUT2D eigenvalue weighted by Gasteiger charge is 2.33. The molecule has 3 rings (SSSR count). The molecule has 0 aliphatic carbocycles. The van der Waals surface area contributed by atoms with Crippen molar-refractivity contribution in [2.45, 2.75) is 26.4 Å². The molecule has 150 valence electrons. The van der Waals surface area contributed by atoms with Gasteiger partial charge >= 0.3 is 0 Å². The van der Waals surface area contributed by atoms with Crippen LogP contribution in [-0.4, -0.2) is 33.7 Å². The van der Waals surface area contributed by atoms with Crippen molar-refractivity contribution in [1.82, 2.24) is 10.2 Å². The van der Waals surface area contributed by atoms with E-state index >= 15 is 0 Å². The number of hydrogen-bond donors (Lipinski definition) is 1. The Kier molecular flexibility index (Phi) is 7.06. The fourth-order valence-electron chi connectivity index (χ4n) is 2.73. The quantitative estimate of drug-likeness (QED) is 0.536. The van der Waals surface area contributed by atoms with Crippen molar-refractivity contribution >= 4 is 46.2 Å². The molecule has 0 bridgehead atoms. The van der Waals surface area contributed by atoms with Gasteiger partial charge in [-0.1, -0.05) is 66.4 Å². The van der Waals surface area contributed by atoms with Gasteiger partial charge in [0, 0.05) is 12.6 Å². The van der Waals surface area contributed by atoms with Crippen molar-refractivity contribution in [2.75, 3.05) is 6.61 Å². The molecule has 1 saturated heterocycles. The van der Waals surface area contributed by atoms with Crippen molar-refractivity contribution in [3.63, 3.8) is 0 Å². The predicted molar refractivity (Wildman–Crippen MR) is 120 cm³/mol. The molecule has 2 aromatic carbocycles. The number of rotatable bonds is 7. The largest absolute Gasteiger partial charge is 0.484 e. The number of ether oxygens (including phenoxy) is 1. The lowest BCUT2D eigenvalue weighted by Crippen LogP contribution is -2.34. The summed E-state index contributed by atoms with van der Waals surface area (Å²) < 4.78 is 6.12. The molecule has 2 aromatic rings. The highest BCUT2D eigenvalue weighted by Crippen LogP contribution is 2.33. The zero-order chi connectivity index (χ0) is 20.8. The maximum absolute atomic E-state index is 12.5. The lowest BCUT2D eigenvalue weighted by atomic mass is 10.2. The maximum Gasteiger partial charge on any atom is 0.266 e. The number of thioether (sulfide) groups is 1. The van der Waals surface area contributed by atoms with Gasteiger partial charge in [-0.3, -0.25) is 14.5 Å². The predicted octanol–water partition coefficient (Wildman–Crippen LogP) is 3.99. The molecule has 0 unspecified atom stereocenters. The van der Waals surface area contributed by atoms with Gasteiger partial charge in [-0.05, 0) is 43.2 Å². The highest BCUT2D eigenvalue weighted by molar-refractivity contribution is 8.26. The summed E-state index contributed by atoms with van der Waals surface area (Å²) in [4.78, 5) is 26.6. The van der Waals surface area contributed by atoms with E-state index in [4.69, 9.17) is 17.0 Å². The van der Waals surface area contributed by atoms with Crippen molar-refractivity contribution in [3.8, 4) is 5.75 Å². The number of benzene rings is 2. The second-order valence-electron chi connectivity index (χ2n) is 6.77. The third-order valence-electron chi connectivity index (χ3n) is 4.22. The van der Waals surface area contributed by atoms with Crippen LogP contribution in [0.2, 0.25) is 0 Å². The average Bonchev–Trinajstić information content (AvgIpc) is 2.99. The van der Waals surface area contributed by atoms with Gasteiger partial charge in [0.15, 0.2) is 6.61 Å². The minimum atomic E-state index is -0.185. The van der Waals surface area contributed by atoms with E-state index in [1.54, 1.807) is 17.0 Å². The van der Waals surface area contributed by atoms with E-state index in [0.29, 0.717) is 21.5 Å². The first-order chi connectivity index (χ1) is 13.9. The molecule has 2 amide bonds. The van der Waals surface area contributed by atoms with Gasteiger partial charge in [0.25, 0.3) is 11.8 Å². The Morgan fingerprint density at radius 3 is 2.48 bits per heavy atom. The van der Waals surface area contributed by atoms with E-state index in [1.165, 1.54) is 11.8 Å². The Bertz CT molecular complexity index is 925. The van der Waals surface area contributed by atoms with E-state index in [-0.39, 0.29) is 24.5 Å². The number of amides is 2. The summed E-state index contributed by atoms with van der Waals surface area (Å²) in [6.07, 6.45) is 1.82. The summed E-state index contributed by atoms with van der Waals surface area (Å²) in [7, 11) is 0. The Hall–Kier alpha value is -2.64. The van der Waals surface area contributed by atoms with Crippen LogP contribution < -0.4 is 10.1 Å². The highest BCUT2D eigenvalue weighted by atomic mass is 32.2. The van der Waals surface area contributed by atoms with E-state index in [9.17, 15) is 9.59 Å². The number of carbonyl (C=O) groups is 2. The van der Waals surface area contributed by atoms with E-state index < -0.39 is 0 Å². The molecule has 29 heavy (non-hydrogen) atoms. The fourth-order valence-corrected chi connectivity index (χ4v) is 4.26. The van der Waals surface area contributed by atoms with Crippen LogP contribution in [0.1, 0.15) is 25.0 Å². The van der Waals surface area contributed by atoms with Crippen LogP contribution in [0.4, 0.5) is 0 Å². The average molecular weight is 427 g/mol. The summed E-state index contributed by atoms with van der Waals surface area (Å²) in [5, 5.41) is 2.82. The van der Waals surface area contributed by atoms with Gasteiger partial charge in [-0.25, -0.2) is 0 Å². The first-order valence-corrected chi connectivity index (χ1v) is 10.5. The fraction of sp³-hybridized carbons (Fsp3) is 0.227. The van der Waals surface area contributed by atoms with Gasteiger partial charge in [0.05, 0.1) is 4.91 Å². The lowest BCUT2D eigenvalue weighted by molar-refractivity contribution is -0.124. The van der Waals surface area contributed by atoms with Crippen molar-refractivity contribution < 1.29 is 14.3 Å². The van der Waals surface area contributed by atoms with E-state index in [2.05, 4.69) is 5.32 Å². The maximum atomic E-state index is 12.5. The normalized spacial score (nSPS) is 15.3. The Morgan fingerprint density at radius 2 is 1.86 bits per heavy atom. The second-order valence-corrected chi connectivity index (χ2v) is 8.44. The van der Waals surface area contributed by atoms with Crippen molar-refractivity contribution in [2.24, 2.45) is 0 Å². The molecule has 0 aromatic heterocycles. The van der Waals surface area contributed by atoms with E-state index in [0.717, 1.165) is 11.1 Å². The van der Waals surface area contributed by atoms with Crippen LogP contribution in [0.15, 0.2) is 59.5 Å². The van der Waals surface area contributed by atoms with Crippen LogP contribution in [0, 0.1) is 0 Å². The SMILES string of the molecule is CC(C)N1C(=O)/C(=C/c2ccc(OCC(=O)NCc3ccccc3)cc2)SC1=S. The Balaban J connectivity index is 1.52. The van der Waals surface area contributed by atoms with Crippen LogP contribution in [0.5, 0.6) is 5.75 Å². The lowest BCUT2D eigenvalue weighted by Gasteiger charge is -2.18. The first kappa shape index (κ1) is 21.1. The van der Waals surface area contributed by atoms with Gasteiger partial charge in [-0.15, -0.1) is 0 Å². The Morgan fingerprint density at radius 1 is 1.17 bits per heavy atom. The molecule has 0 atom stereocenters. The minimum absolute atomic E-state index is 0.0391. The monoisotopic (exact) mass is 426 g/mol. The molecule has 0 spiro atoms. The number of nitrogens with zero attached hydrogens (tertiary/aromatic N) is 1. The Labute approximate surface area is 180 Å². The summed E-state index contributed by atoms with van der Waals surface area (Å²) in [5.41, 5.74) is 1.91. The van der Waals surface area contributed by atoms with Crippen LogP contribution in [-0.2, 0) is 16.1 Å². The van der Waals surface area contributed by atoms with Gasteiger partial charge < -0.3 is 10.1 Å². The first-order valence-electron chi connectivity index (χ1n) is 9.24. The number of hydrogen-bond acceptors (Lipinski definition) is 5. The molecule has 7 heteroatoms. The van der Waals surface area contributed by atoms with Crippen molar-refractivity contribution in [3.05, 3.63) is 70.6 Å². The zero-order valence-corrected chi connectivity index (χ0v) is 17.9. The van der Waals surface area contributed by atoms with Gasteiger partial charge in [0.2, 0.25) is 0 Å². The smallest absolute Gasteiger partial charge is 0.266 e. The second kappa shape index (κ2) is 9.71. The molecule has 1 heterocycles. The minimum Gasteiger partial charge on any atom is -0.484 e. The third-order valence-corrected chi connectivity index (χ3v) is 5.55. The molecule has 0 radical (unpaired) electrons. The molecule has 5 nitrogen and oxygen atoms in total. The topological polar surface area (TPSA) is 58.6 Å². The van der Waals surface area contributed by atoms with Crippen LogP contribution >= 0.6 is 24.0 Å². The number of thiocarbonyl (C=S) groups is 1.